The predicted octanol–water partition coefficient (Wildman–Crippen LogP) is 2.82. The van der Waals surface area contributed by atoms with Crippen LogP contribution in [0, 0.1) is 11.2 Å². The van der Waals surface area contributed by atoms with Crippen molar-refractivity contribution in [3.63, 3.8) is 0 Å². The van der Waals surface area contributed by atoms with E-state index < -0.39 is 11.2 Å². The second kappa shape index (κ2) is 12.1. The van der Waals surface area contributed by atoms with Crippen LogP contribution in [0.25, 0.3) is 0 Å². The number of halogens is 2. The number of aryl methyl sites for hydroxylation is 1. The summed E-state index contributed by atoms with van der Waals surface area (Å²) in [6, 6.07) is 11.9. The molecule has 0 saturated carbocycles. The zero-order valence-electron chi connectivity index (χ0n) is 19.6. The van der Waals surface area contributed by atoms with E-state index >= 15 is 0 Å². The molecule has 35 heavy (non-hydrogen) atoms. The van der Waals surface area contributed by atoms with Crippen molar-refractivity contribution >= 4 is 35.5 Å². The minimum Gasteiger partial charge on any atom is -0.351 e. The quantitative estimate of drug-likeness (QED) is 0.382. The summed E-state index contributed by atoms with van der Waals surface area (Å²) in [6.45, 7) is 2.37. The Kier molecular flexibility index (Phi) is 9.20. The number of likely N-dealkylation sites (tertiary alicyclic amines) is 1. The number of nitrogens with zero attached hydrogens (tertiary/aromatic N) is 2. The number of piperidine rings is 1. The molecule has 3 N–H and O–H groups in total. The lowest BCUT2D eigenvalue weighted by molar-refractivity contribution is -0.145. The van der Waals surface area contributed by atoms with Crippen LogP contribution in [0.1, 0.15) is 30.9 Å². The van der Waals surface area contributed by atoms with Gasteiger partial charge >= 0.3 is 0 Å². The molecule has 0 spiro atoms. The molecule has 0 radical (unpaired) electrons. The van der Waals surface area contributed by atoms with Crippen molar-refractivity contribution in [2.45, 2.75) is 32.7 Å². The number of hydroxylamine groups is 1. The van der Waals surface area contributed by atoms with Crippen molar-refractivity contribution in [3.8, 4) is 0 Å². The van der Waals surface area contributed by atoms with Crippen molar-refractivity contribution in [2.75, 3.05) is 31.3 Å². The largest absolute Gasteiger partial charge is 0.351 e. The number of nitrogens with two attached hydrogens (primary N) is 1. The highest BCUT2D eigenvalue weighted by atomic mass is 35.5. The molecule has 1 saturated heterocycles. The van der Waals surface area contributed by atoms with Crippen LogP contribution >= 0.6 is 11.6 Å². The lowest BCUT2D eigenvalue weighted by Gasteiger charge is -2.40. The van der Waals surface area contributed by atoms with E-state index in [2.05, 4.69) is 5.32 Å². The van der Waals surface area contributed by atoms with Gasteiger partial charge in [-0.25, -0.2) is 4.39 Å². The summed E-state index contributed by atoms with van der Waals surface area (Å²) in [4.78, 5) is 44.6. The zero-order valence-corrected chi connectivity index (χ0v) is 20.4. The van der Waals surface area contributed by atoms with Gasteiger partial charge in [0, 0.05) is 25.2 Å². The van der Waals surface area contributed by atoms with E-state index in [1.807, 2.05) is 19.1 Å². The summed E-state index contributed by atoms with van der Waals surface area (Å²) in [7, 11) is 0. The van der Waals surface area contributed by atoms with E-state index in [1.54, 1.807) is 29.2 Å². The number of nitrogens with one attached hydrogen (secondary N) is 1. The average Bonchev–Trinajstić information content (AvgIpc) is 2.89. The van der Waals surface area contributed by atoms with Crippen LogP contribution in [-0.4, -0.2) is 49.4 Å². The number of hydrogen-bond acceptors (Lipinski definition) is 5. The zero-order chi connectivity index (χ0) is 25.4. The second-order valence-corrected chi connectivity index (χ2v) is 8.89. The number of carbonyl (C=O) groups is 3. The molecular formula is C25H30ClFN4O4. The van der Waals surface area contributed by atoms with E-state index in [0.29, 0.717) is 38.0 Å². The van der Waals surface area contributed by atoms with Gasteiger partial charge in [-0.15, -0.1) is 0 Å². The van der Waals surface area contributed by atoms with Crippen LogP contribution in [0.3, 0.4) is 0 Å². The monoisotopic (exact) mass is 504 g/mol. The molecule has 8 nitrogen and oxygen atoms in total. The Morgan fingerprint density at radius 2 is 1.91 bits per heavy atom. The van der Waals surface area contributed by atoms with Gasteiger partial charge in [0.15, 0.2) is 0 Å². The van der Waals surface area contributed by atoms with Crippen LogP contribution in [0.4, 0.5) is 10.1 Å². The maximum atomic E-state index is 14.3. The van der Waals surface area contributed by atoms with Gasteiger partial charge in [0.05, 0.1) is 29.3 Å². The first-order valence-electron chi connectivity index (χ1n) is 11.5. The number of anilines is 1. The van der Waals surface area contributed by atoms with Gasteiger partial charge in [-0.05, 0) is 43.0 Å². The fourth-order valence-electron chi connectivity index (χ4n) is 4.04. The number of amides is 3. The molecular weight excluding hydrogens is 475 g/mol. The Labute approximate surface area is 209 Å². The molecule has 1 aliphatic rings. The van der Waals surface area contributed by atoms with E-state index in [1.165, 1.54) is 6.07 Å². The van der Waals surface area contributed by atoms with Crippen molar-refractivity contribution in [2.24, 2.45) is 11.1 Å². The van der Waals surface area contributed by atoms with Crippen molar-refractivity contribution in [1.82, 2.24) is 10.2 Å². The molecule has 3 amide bonds. The third kappa shape index (κ3) is 6.36. The van der Waals surface area contributed by atoms with Gasteiger partial charge in [-0.2, -0.15) is 5.06 Å². The number of rotatable bonds is 10. The maximum absolute atomic E-state index is 14.3. The van der Waals surface area contributed by atoms with Gasteiger partial charge in [0.1, 0.15) is 5.82 Å². The summed E-state index contributed by atoms with van der Waals surface area (Å²) in [5.41, 5.74) is 6.34. The second-order valence-electron chi connectivity index (χ2n) is 8.49. The van der Waals surface area contributed by atoms with Gasteiger partial charge in [0.25, 0.3) is 0 Å². The SMILES string of the molecule is CCc1ccc(N(C=O)OCC2(C(=O)NCc3cccc(Cl)c3F)CCN(C(=O)CN)CC2)cc1. The summed E-state index contributed by atoms with van der Waals surface area (Å²) < 4.78 is 14.3. The van der Waals surface area contributed by atoms with E-state index in [4.69, 9.17) is 22.2 Å². The molecule has 1 heterocycles. The minimum absolute atomic E-state index is 0.0286. The van der Waals surface area contributed by atoms with Crippen LogP contribution in [0.15, 0.2) is 42.5 Å². The molecule has 0 unspecified atom stereocenters. The molecule has 3 rings (SSSR count). The highest BCUT2D eigenvalue weighted by Crippen LogP contribution is 2.33. The first-order chi connectivity index (χ1) is 16.8. The molecule has 1 aliphatic heterocycles. The lowest BCUT2D eigenvalue weighted by Crippen LogP contribution is -2.53. The van der Waals surface area contributed by atoms with Crippen LogP contribution < -0.4 is 16.1 Å². The Bertz CT molecular complexity index is 1040. The lowest BCUT2D eigenvalue weighted by atomic mass is 9.78. The number of carbonyl (C=O) groups excluding carboxylic acids is 3. The Hall–Kier alpha value is -3.01. The third-order valence-electron chi connectivity index (χ3n) is 6.38. The summed E-state index contributed by atoms with van der Waals surface area (Å²) in [5.74, 6) is -1.15. The topological polar surface area (TPSA) is 105 Å². The fourth-order valence-corrected chi connectivity index (χ4v) is 4.23. The summed E-state index contributed by atoms with van der Waals surface area (Å²) >= 11 is 5.85. The maximum Gasteiger partial charge on any atom is 0.238 e. The number of benzene rings is 2. The standard InChI is InChI=1S/C25H30ClFN4O4/c1-2-18-6-8-20(9-7-18)31(17-32)35-16-25(10-12-30(13-11-25)22(33)14-28)24(34)29-15-19-4-3-5-21(26)23(19)27/h3-9,17H,2,10-16,28H2,1H3,(H,29,34). The normalized spacial score (nSPS) is 14.9. The molecule has 1 fully saturated rings. The van der Waals surface area contributed by atoms with Crippen molar-refractivity contribution in [3.05, 3.63) is 64.4 Å². The molecule has 0 aliphatic carbocycles. The molecule has 2 aromatic rings. The van der Waals surface area contributed by atoms with Gasteiger partial charge in [-0.1, -0.05) is 42.8 Å². The highest BCUT2D eigenvalue weighted by molar-refractivity contribution is 6.30. The Morgan fingerprint density at radius 3 is 2.51 bits per heavy atom. The molecule has 0 atom stereocenters. The first-order valence-corrected chi connectivity index (χ1v) is 11.9. The van der Waals surface area contributed by atoms with E-state index in [-0.39, 0.29) is 42.1 Å². The molecule has 2 aromatic carbocycles. The molecule has 188 valence electrons. The van der Waals surface area contributed by atoms with E-state index in [0.717, 1.165) is 17.0 Å². The minimum atomic E-state index is -1.04. The average molecular weight is 505 g/mol. The van der Waals surface area contributed by atoms with Gasteiger partial charge < -0.3 is 16.0 Å². The Balaban J connectivity index is 1.75. The van der Waals surface area contributed by atoms with Crippen molar-refractivity contribution < 1.29 is 23.6 Å². The molecule has 0 aromatic heterocycles. The van der Waals surface area contributed by atoms with Crippen LogP contribution in [0.5, 0.6) is 0 Å². The molecule has 10 heteroatoms. The van der Waals surface area contributed by atoms with Gasteiger partial charge in [0.2, 0.25) is 18.2 Å². The van der Waals surface area contributed by atoms with Gasteiger partial charge in [-0.3, -0.25) is 19.2 Å². The number of hydrogen-bond donors (Lipinski definition) is 2. The Morgan fingerprint density at radius 1 is 1.23 bits per heavy atom. The van der Waals surface area contributed by atoms with Crippen molar-refractivity contribution in [1.29, 1.82) is 0 Å². The van der Waals surface area contributed by atoms with E-state index in [9.17, 15) is 18.8 Å². The molecule has 0 bridgehead atoms. The summed E-state index contributed by atoms with van der Waals surface area (Å²) in [6.07, 6.45) is 1.99. The predicted molar refractivity (Wildman–Crippen MR) is 131 cm³/mol. The smallest absolute Gasteiger partial charge is 0.238 e. The first kappa shape index (κ1) is 26.6. The summed E-state index contributed by atoms with van der Waals surface area (Å²) in [5, 5.41) is 3.84. The van der Waals surface area contributed by atoms with Crippen LogP contribution in [0.2, 0.25) is 5.02 Å². The van der Waals surface area contributed by atoms with Crippen LogP contribution in [-0.2, 0) is 32.2 Å². The fraction of sp³-hybridized carbons (Fsp3) is 0.400. The third-order valence-corrected chi connectivity index (χ3v) is 6.67. The highest BCUT2D eigenvalue weighted by Gasteiger charge is 2.43.